The molecule has 0 saturated carbocycles. The first-order valence-corrected chi connectivity index (χ1v) is 5.61. The highest BCUT2D eigenvalue weighted by Gasteiger charge is 2.05. The van der Waals surface area contributed by atoms with Crippen molar-refractivity contribution in [2.45, 2.75) is 13.0 Å². The molecule has 1 aromatic rings. The van der Waals surface area contributed by atoms with Crippen LogP contribution in [-0.2, 0) is 11.3 Å². The number of benzene rings is 1. The Labute approximate surface area is 101 Å². The van der Waals surface area contributed by atoms with Gasteiger partial charge < -0.3 is 15.2 Å². The molecule has 94 valence electrons. The van der Waals surface area contributed by atoms with Crippen molar-refractivity contribution in [2.24, 2.45) is 0 Å². The van der Waals surface area contributed by atoms with E-state index < -0.39 is 5.82 Å². The van der Waals surface area contributed by atoms with Crippen LogP contribution in [-0.4, -0.2) is 24.9 Å². The van der Waals surface area contributed by atoms with E-state index in [4.69, 9.17) is 4.74 Å². The third-order valence-corrected chi connectivity index (χ3v) is 2.28. The smallest absolute Gasteiger partial charge is 0.165 e. The highest BCUT2D eigenvalue weighted by atomic mass is 19.1. The first-order valence-electron chi connectivity index (χ1n) is 5.61. The van der Waals surface area contributed by atoms with E-state index in [0.717, 1.165) is 6.42 Å². The summed E-state index contributed by atoms with van der Waals surface area (Å²) in [6.07, 6.45) is 2.64. The van der Waals surface area contributed by atoms with E-state index in [2.05, 4.69) is 11.9 Å². The number of phenols is 1. The van der Waals surface area contributed by atoms with Crippen LogP contribution in [0, 0.1) is 5.82 Å². The summed E-state index contributed by atoms with van der Waals surface area (Å²) in [6.45, 7) is 5.93. The molecule has 0 aliphatic rings. The van der Waals surface area contributed by atoms with Gasteiger partial charge in [-0.2, -0.15) is 0 Å². The Morgan fingerprint density at radius 2 is 2.24 bits per heavy atom. The second kappa shape index (κ2) is 7.81. The largest absolute Gasteiger partial charge is 0.505 e. The minimum Gasteiger partial charge on any atom is -0.505 e. The standard InChI is InChI=1S/C13H18FNO2/c1-2-3-8-17-9-7-15-10-11-5-4-6-12(14)13(11)16/h2,4-6,15-16H,1,3,7-10H2. The average molecular weight is 239 g/mol. The van der Waals surface area contributed by atoms with E-state index in [0.29, 0.717) is 31.9 Å². The summed E-state index contributed by atoms with van der Waals surface area (Å²) < 4.78 is 18.3. The Bertz CT molecular complexity index is 355. The molecule has 3 nitrogen and oxygen atoms in total. The zero-order chi connectivity index (χ0) is 12.5. The molecule has 17 heavy (non-hydrogen) atoms. The minimum absolute atomic E-state index is 0.285. The molecule has 0 aliphatic heterocycles. The number of hydrogen-bond acceptors (Lipinski definition) is 3. The fourth-order valence-electron chi connectivity index (χ4n) is 1.34. The molecule has 1 aromatic carbocycles. The van der Waals surface area contributed by atoms with Gasteiger partial charge >= 0.3 is 0 Å². The Kier molecular flexibility index (Phi) is 6.29. The fourth-order valence-corrected chi connectivity index (χ4v) is 1.34. The zero-order valence-corrected chi connectivity index (χ0v) is 9.79. The molecule has 0 fully saturated rings. The third kappa shape index (κ3) is 4.97. The van der Waals surface area contributed by atoms with Crippen LogP contribution in [0.1, 0.15) is 12.0 Å². The summed E-state index contributed by atoms with van der Waals surface area (Å²) in [5, 5.41) is 12.5. The van der Waals surface area contributed by atoms with Crippen LogP contribution in [0.5, 0.6) is 5.75 Å². The normalized spacial score (nSPS) is 10.4. The summed E-state index contributed by atoms with van der Waals surface area (Å²) in [4.78, 5) is 0. The number of aromatic hydroxyl groups is 1. The maximum Gasteiger partial charge on any atom is 0.165 e. The van der Waals surface area contributed by atoms with Crippen LogP contribution in [0.4, 0.5) is 4.39 Å². The van der Waals surface area contributed by atoms with E-state index in [-0.39, 0.29) is 5.75 Å². The van der Waals surface area contributed by atoms with Crippen LogP contribution in [0.25, 0.3) is 0 Å². The van der Waals surface area contributed by atoms with Crippen molar-refractivity contribution >= 4 is 0 Å². The van der Waals surface area contributed by atoms with Crippen LogP contribution in [0.3, 0.4) is 0 Å². The summed E-state index contributed by atoms with van der Waals surface area (Å²) in [6, 6.07) is 4.49. The van der Waals surface area contributed by atoms with Gasteiger partial charge in [-0.3, -0.25) is 0 Å². The van der Waals surface area contributed by atoms with Crippen LogP contribution < -0.4 is 5.32 Å². The molecule has 0 aliphatic carbocycles. The van der Waals surface area contributed by atoms with Crippen molar-refractivity contribution in [2.75, 3.05) is 19.8 Å². The zero-order valence-electron chi connectivity index (χ0n) is 9.79. The molecular formula is C13H18FNO2. The van der Waals surface area contributed by atoms with E-state index in [1.807, 2.05) is 0 Å². The second-order valence-corrected chi connectivity index (χ2v) is 3.61. The van der Waals surface area contributed by atoms with Gasteiger partial charge in [-0.1, -0.05) is 18.2 Å². The molecule has 0 aromatic heterocycles. The predicted molar refractivity (Wildman–Crippen MR) is 65.4 cm³/mol. The molecule has 0 radical (unpaired) electrons. The maximum absolute atomic E-state index is 13.0. The van der Waals surface area contributed by atoms with Crippen molar-refractivity contribution in [1.82, 2.24) is 5.32 Å². The molecule has 0 unspecified atom stereocenters. The van der Waals surface area contributed by atoms with Crippen LogP contribution in [0.15, 0.2) is 30.9 Å². The molecule has 0 bridgehead atoms. The number of phenolic OH excluding ortho intramolecular Hbond substituents is 1. The quantitative estimate of drug-likeness (QED) is 0.540. The molecular weight excluding hydrogens is 221 g/mol. The van der Waals surface area contributed by atoms with Crippen molar-refractivity contribution in [3.63, 3.8) is 0 Å². The molecule has 4 heteroatoms. The van der Waals surface area contributed by atoms with Crippen molar-refractivity contribution in [3.8, 4) is 5.75 Å². The van der Waals surface area contributed by atoms with Gasteiger partial charge in [0.1, 0.15) is 0 Å². The Morgan fingerprint density at radius 3 is 3.00 bits per heavy atom. The fraction of sp³-hybridized carbons (Fsp3) is 0.385. The maximum atomic E-state index is 13.0. The lowest BCUT2D eigenvalue weighted by Crippen LogP contribution is -2.19. The highest BCUT2D eigenvalue weighted by Crippen LogP contribution is 2.19. The summed E-state index contributed by atoms with van der Waals surface area (Å²) in [5.41, 5.74) is 0.552. The van der Waals surface area contributed by atoms with E-state index in [1.165, 1.54) is 6.07 Å². The second-order valence-electron chi connectivity index (χ2n) is 3.61. The summed E-state index contributed by atoms with van der Waals surface area (Å²) >= 11 is 0. The van der Waals surface area contributed by atoms with E-state index in [9.17, 15) is 9.50 Å². The SMILES string of the molecule is C=CCCOCCNCc1cccc(F)c1O. The van der Waals surface area contributed by atoms with Gasteiger partial charge in [-0.05, 0) is 12.5 Å². The molecule has 1 rings (SSSR count). The first kappa shape index (κ1) is 13.7. The molecule has 0 spiro atoms. The van der Waals surface area contributed by atoms with Gasteiger partial charge in [-0.25, -0.2) is 4.39 Å². The van der Waals surface area contributed by atoms with Crippen molar-refractivity contribution in [3.05, 3.63) is 42.2 Å². The van der Waals surface area contributed by atoms with E-state index in [1.54, 1.807) is 18.2 Å². The lowest BCUT2D eigenvalue weighted by atomic mass is 10.2. The van der Waals surface area contributed by atoms with Crippen LogP contribution in [0.2, 0.25) is 0 Å². The Hall–Kier alpha value is -1.39. The number of hydrogen-bond donors (Lipinski definition) is 2. The number of para-hydroxylation sites is 1. The summed E-state index contributed by atoms with van der Waals surface area (Å²) in [7, 11) is 0. The van der Waals surface area contributed by atoms with Gasteiger partial charge in [0, 0.05) is 18.7 Å². The molecule has 2 N–H and O–H groups in total. The lowest BCUT2D eigenvalue weighted by molar-refractivity contribution is 0.140. The van der Waals surface area contributed by atoms with Gasteiger partial charge in [0.2, 0.25) is 0 Å². The number of ether oxygens (including phenoxy) is 1. The van der Waals surface area contributed by atoms with Gasteiger partial charge in [0.15, 0.2) is 11.6 Å². The Balaban J connectivity index is 2.18. The topological polar surface area (TPSA) is 41.5 Å². The molecule has 0 atom stereocenters. The number of halogens is 1. The molecule has 0 amide bonds. The average Bonchev–Trinajstić information content (AvgIpc) is 2.33. The highest BCUT2D eigenvalue weighted by molar-refractivity contribution is 5.33. The van der Waals surface area contributed by atoms with Crippen LogP contribution >= 0.6 is 0 Å². The van der Waals surface area contributed by atoms with Crippen molar-refractivity contribution < 1.29 is 14.2 Å². The molecule has 0 saturated heterocycles. The van der Waals surface area contributed by atoms with Gasteiger partial charge in [0.25, 0.3) is 0 Å². The Morgan fingerprint density at radius 1 is 1.41 bits per heavy atom. The predicted octanol–water partition coefficient (Wildman–Crippen LogP) is 2.21. The third-order valence-electron chi connectivity index (χ3n) is 2.28. The number of rotatable bonds is 8. The summed E-state index contributed by atoms with van der Waals surface area (Å²) in [5.74, 6) is -0.876. The van der Waals surface area contributed by atoms with Gasteiger partial charge in [0.05, 0.1) is 13.2 Å². The monoisotopic (exact) mass is 239 g/mol. The lowest BCUT2D eigenvalue weighted by Gasteiger charge is -2.07. The van der Waals surface area contributed by atoms with Crippen molar-refractivity contribution in [1.29, 1.82) is 0 Å². The van der Waals surface area contributed by atoms with Gasteiger partial charge in [-0.15, -0.1) is 6.58 Å². The van der Waals surface area contributed by atoms with E-state index >= 15 is 0 Å². The minimum atomic E-state index is -0.591. The first-order chi connectivity index (χ1) is 8.25. The molecule has 0 heterocycles. The number of nitrogens with one attached hydrogen (secondary N) is 1.